The Morgan fingerprint density at radius 1 is 0.295 bits per heavy atom. The summed E-state index contributed by atoms with van der Waals surface area (Å²) in [5.74, 6) is 0.589. The Hall–Kier alpha value is -5.68. The molecule has 0 aliphatic carbocycles. The summed E-state index contributed by atoms with van der Waals surface area (Å²) in [6, 6.07) is 64.0. The maximum atomic E-state index is 2.46. The van der Waals surface area contributed by atoms with Crippen LogP contribution < -0.4 is 24.5 Å². The fourth-order valence-electron chi connectivity index (χ4n) is 10.8. The van der Waals surface area contributed by atoms with Gasteiger partial charge >= 0.3 is 0 Å². The molecule has 0 amide bonds. The molecular weight excluding hydrogens is 947 g/mol. The lowest BCUT2D eigenvalue weighted by molar-refractivity contribution is 0.176. The third-order valence-electron chi connectivity index (χ3n) is 12.0. The van der Waals surface area contributed by atoms with E-state index in [1.807, 2.05) is 0 Å². The van der Waals surface area contributed by atoms with Crippen LogP contribution in [0.4, 0.5) is 28.4 Å². The van der Waals surface area contributed by atoms with Crippen molar-refractivity contribution in [3.63, 3.8) is 0 Å². The topological polar surface area (TPSA) is 16.2 Å². The molecule has 0 unspecified atom stereocenters. The van der Waals surface area contributed by atoms with E-state index >= 15 is 0 Å². The van der Waals surface area contributed by atoms with Crippen LogP contribution in [0.1, 0.15) is 197 Å². The molecule has 7 rings (SSSR count). The molecule has 78 heavy (non-hydrogen) atoms. The Bertz CT molecular complexity index is 2040. The van der Waals surface area contributed by atoms with Crippen molar-refractivity contribution < 1.29 is 0 Å². The summed E-state index contributed by atoms with van der Waals surface area (Å²) in [7, 11) is 0. The maximum Gasteiger partial charge on any atom is 0.0937 e. The molecule has 1 aliphatic rings. The summed E-state index contributed by atoms with van der Waals surface area (Å²) >= 11 is 0. The number of rotatable bonds is 6. The maximum absolute atomic E-state index is 2.46. The molecule has 0 N–H and O–H groups in total. The minimum atomic E-state index is 0.138. The zero-order chi connectivity index (χ0) is 59.4. The number of hydrogen-bond acceptors (Lipinski definition) is 5. The molecule has 5 heteroatoms. The molecule has 0 radical (unpaired) electrons. The number of para-hydroxylation sites is 5. The van der Waals surface area contributed by atoms with Crippen molar-refractivity contribution in [3.8, 4) is 0 Å². The standard InChI is InChI=1S/C21H21N3.C15H24.2C14H23N.3C3H8/c1-4-10-19(11-5-1)22-16-23(20-12-6-2-7-13-20)18-24(17-22)21-14-8-3-9-15-21;1-14(2,3)13(15(4,5)6)12-10-8-7-9-11-12;2*1-13(2,3)15(14(4,5)6)12-10-8-7-9-11-12;3*1-3-2/h1-15H,16-18H2;7-11,13H,1-6H3;2*7-11H,1-6H3;3*3H2,1-2H3. The quantitative estimate of drug-likeness (QED) is 0.165. The van der Waals surface area contributed by atoms with Crippen LogP contribution >= 0.6 is 0 Å². The third kappa shape index (κ3) is 25.9. The van der Waals surface area contributed by atoms with Crippen LogP contribution in [0.25, 0.3) is 0 Å². The van der Waals surface area contributed by atoms with E-state index in [9.17, 15) is 0 Å². The van der Waals surface area contributed by atoms with E-state index in [4.69, 9.17) is 0 Å². The van der Waals surface area contributed by atoms with Gasteiger partial charge in [0.25, 0.3) is 0 Å². The van der Waals surface area contributed by atoms with E-state index in [0.717, 1.165) is 20.0 Å². The van der Waals surface area contributed by atoms with Crippen molar-refractivity contribution in [1.29, 1.82) is 0 Å². The van der Waals surface area contributed by atoms with Gasteiger partial charge in [-0.2, -0.15) is 0 Å². The Kier molecular flexibility index (Phi) is 30.4. The van der Waals surface area contributed by atoms with E-state index in [1.54, 1.807) is 0 Å². The zero-order valence-electron chi connectivity index (χ0n) is 54.4. The average Bonchev–Trinajstić information content (AvgIpc) is 3.35. The Morgan fingerprint density at radius 3 is 0.654 bits per heavy atom. The fraction of sp³-hybridized carbons (Fsp3) is 0.507. The van der Waals surface area contributed by atoms with Crippen LogP contribution in [0, 0.1) is 10.8 Å². The van der Waals surface area contributed by atoms with Crippen LogP contribution in [0.5, 0.6) is 0 Å². The molecule has 0 aromatic heterocycles. The van der Waals surface area contributed by atoms with Gasteiger partial charge in [0.1, 0.15) is 0 Å². The second kappa shape index (κ2) is 33.7. The molecule has 0 atom stereocenters. The molecule has 6 aromatic carbocycles. The lowest BCUT2D eigenvalue weighted by Crippen LogP contribution is -2.55. The second-order valence-corrected chi connectivity index (χ2v) is 26.8. The summed E-state index contributed by atoms with van der Waals surface area (Å²) in [5.41, 5.74) is 8.95. The highest BCUT2D eigenvalue weighted by atomic mass is 15.5. The van der Waals surface area contributed by atoms with Crippen LogP contribution in [0.2, 0.25) is 0 Å². The number of anilines is 5. The van der Waals surface area contributed by atoms with Crippen LogP contribution in [-0.2, 0) is 0 Å². The monoisotopic (exact) mass is 1060 g/mol. The van der Waals surface area contributed by atoms with Crippen molar-refractivity contribution in [2.45, 2.75) is 214 Å². The van der Waals surface area contributed by atoms with Gasteiger partial charge in [-0.05, 0) is 166 Å². The number of nitrogens with zero attached hydrogens (tertiary/aromatic N) is 5. The van der Waals surface area contributed by atoms with Crippen molar-refractivity contribution >= 4 is 28.4 Å². The van der Waals surface area contributed by atoms with Crippen molar-refractivity contribution in [2.75, 3.05) is 44.5 Å². The predicted octanol–water partition coefficient (Wildman–Crippen LogP) is 21.7. The first-order chi connectivity index (χ1) is 36.3. The predicted molar refractivity (Wildman–Crippen MR) is 354 cm³/mol. The van der Waals surface area contributed by atoms with Crippen molar-refractivity contribution in [1.82, 2.24) is 0 Å². The summed E-state index contributed by atoms with van der Waals surface area (Å²) in [4.78, 5) is 12.1. The Labute approximate surface area is 482 Å². The van der Waals surface area contributed by atoms with Crippen molar-refractivity contribution in [2.24, 2.45) is 10.8 Å². The minimum absolute atomic E-state index is 0.138. The molecule has 5 nitrogen and oxygen atoms in total. The Balaban J connectivity index is 0.000000505. The highest BCUT2D eigenvalue weighted by molar-refractivity contribution is 5.59. The van der Waals surface area contributed by atoms with E-state index in [2.05, 4.69) is 373 Å². The van der Waals surface area contributed by atoms with Gasteiger partial charge < -0.3 is 24.5 Å². The van der Waals surface area contributed by atoms with Crippen LogP contribution in [-0.4, -0.2) is 42.2 Å². The SMILES string of the molecule is CC(C)(C)C(c1ccccc1)C(C)(C)C.CC(C)(C)N(c1ccccc1)C(C)(C)C.CC(C)(C)N(c1ccccc1)C(C)(C)C.CCC.CCC.CCC.c1ccc(N2CN(c3ccccc3)CN(c3ccccc3)C2)cc1. The molecule has 1 saturated heterocycles. The first kappa shape index (κ1) is 70.3. The summed E-state index contributed by atoms with van der Waals surface area (Å²) in [6.07, 6.45) is 3.75. The normalized spacial score (nSPS) is 12.7. The molecule has 0 saturated carbocycles. The van der Waals surface area contributed by atoms with Gasteiger partial charge in [0.05, 0.1) is 20.0 Å². The summed E-state index contributed by atoms with van der Waals surface area (Å²) < 4.78 is 0. The van der Waals surface area contributed by atoms with Gasteiger partial charge in [-0.3, -0.25) is 0 Å². The van der Waals surface area contributed by atoms with E-state index in [0.29, 0.717) is 16.7 Å². The minimum Gasteiger partial charge on any atom is -0.362 e. The Morgan fingerprint density at radius 2 is 0.474 bits per heavy atom. The third-order valence-corrected chi connectivity index (χ3v) is 12.0. The smallest absolute Gasteiger partial charge is 0.0937 e. The molecular formula is C73H115N5. The lowest BCUT2D eigenvalue weighted by atomic mass is 9.64. The lowest BCUT2D eigenvalue weighted by Gasteiger charge is -2.47. The van der Waals surface area contributed by atoms with Gasteiger partial charge in [0.2, 0.25) is 0 Å². The van der Waals surface area contributed by atoms with Gasteiger partial charge in [0, 0.05) is 50.6 Å². The van der Waals surface area contributed by atoms with Gasteiger partial charge in [-0.25, -0.2) is 0 Å². The van der Waals surface area contributed by atoms with Gasteiger partial charge in [0.15, 0.2) is 0 Å². The van der Waals surface area contributed by atoms with Gasteiger partial charge in [-0.1, -0.05) is 224 Å². The van der Waals surface area contributed by atoms with E-state index < -0.39 is 0 Å². The molecule has 0 spiro atoms. The van der Waals surface area contributed by atoms with Crippen molar-refractivity contribution in [3.05, 3.63) is 188 Å². The highest BCUT2D eigenvalue weighted by Crippen LogP contribution is 2.47. The summed E-state index contributed by atoms with van der Waals surface area (Å²) in [5, 5.41) is 0. The first-order valence-corrected chi connectivity index (χ1v) is 29.5. The number of benzene rings is 6. The number of hydrogen-bond donors (Lipinski definition) is 0. The highest BCUT2D eigenvalue weighted by Gasteiger charge is 2.36. The van der Waals surface area contributed by atoms with Crippen LogP contribution in [0.3, 0.4) is 0 Å². The average molecular weight is 1060 g/mol. The zero-order valence-corrected chi connectivity index (χ0v) is 54.4. The summed E-state index contributed by atoms with van der Waals surface area (Å²) in [6.45, 7) is 56.4. The molecule has 1 heterocycles. The molecule has 1 aliphatic heterocycles. The largest absolute Gasteiger partial charge is 0.362 e. The first-order valence-electron chi connectivity index (χ1n) is 29.5. The van der Waals surface area contributed by atoms with E-state index in [1.165, 1.54) is 53.3 Å². The molecule has 6 aromatic rings. The molecule has 432 valence electrons. The second-order valence-electron chi connectivity index (χ2n) is 26.8. The molecule has 1 fully saturated rings. The molecule has 0 bridgehead atoms. The fourth-order valence-corrected chi connectivity index (χ4v) is 10.8. The van der Waals surface area contributed by atoms with Gasteiger partial charge in [-0.15, -0.1) is 0 Å². The van der Waals surface area contributed by atoms with Crippen LogP contribution in [0.15, 0.2) is 182 Å². The van der Waals surface area contributed by atoms with E-state index in [-0.39, 0.29) is 22.2 Å².